The number of nitrogens with zero attached hydrogens (tertiary/aromatic N) is 1. The molecule has 0 aliphatic heterocycles. The van der Waals surface area contributed by atoms with Gasteiger partial charge in [-0.1, -0.05) is 89.4 Å². The molecule has 0 saturated heterocycles. The summed E-state index contributed by atoms with van der Waals surface area (Å²) in [5.41, 5.74) is 3.10. The summed E-state index contributed by atoms with van der Waals surface area (Å²) in [4.78, 5) is 28.7. The minimum absolute atomic E-state index is 0.0589. The Kier molecular flexibility index (Phi) is 9.36. The fourth-order valence-corrected chi connectivity index (χ4v) is 4.87. The molecule has 2 amide bonds. The van der Waals surface area contributed by atoms with E-state index in [1.165, 1.54) is 6.42 Å². The van der Waals surface area contributed by atoms with Crippen molar-refractivity contribution in [3.63, 3.8) is 0 Å². The largest absolute Gasteiger partial charge is 0.483 e. The van der Waals surface area contributed by atoms with E-state index in [1.54, 1.807) is 4.90 Å². The van der Waals surface area contributed by atoms with Crippen LogP contribution in [-0.4, -0.2) is 35.4 Å². The molecule has 2 aromatic carbocycles. The normalized spacial score (nSPS) is 15.3. The highest BCUT2D eigenvalue weighted by atomic mass is 16.5. The van der Waals surface area contributed by atoms with Gasteiger partial charge in [0.1, 0.15) is 11.8 Å². The van der Waals surface area contributed by atoms with Crippen LogP contribution in [0.5, 0.6) is 5.75 Å². The summed E-state index contributed by atoms with van der Waals surface area (Å²) in [6, 6.07) is 15.6. The third kappa shape index (κ3) is 7.33. The van der Waals surface area contributed by atoms with Crippen molar-refractivity contribution in [1.29, 1.82) is 0 Å². The highest BCUT2D eigenvalue weighted by molar-refractivity contribution is 5.88. The number of carbonyl (C=O) groups is 2. The highest BCUT2D eigenvalue weighted by Gasteiger charge is 2.31. The second kappa shape index (κ2) is 12.2. The molecule has 1 atom stereocenters. The lowest BCUT2D eigenvalue weighted by molar-refractivity contribution is -0.143. The number of ether oxygens (including phenoxy) is 1. The maximum atomic E-state index is 13.6. The zero-order valence-electron chi connectivity index (χ0n) is 22.1. The van der Waals surface area contributed by atoms with Gasteiger partial charge < -0.3 is 15.0 Å². The molecule has 0 aromatic heterocycles. The van der Waals surface area contributed by atoms with Crippen LogP contribution in [0.25, 0.3) is 0 Å². The maximum absolute atomic E-state index is 13.6. The maximum Gasteiger partial charge on any atom is 0.261 e. The van der Waals surface area contributed by atoms with Crippen molar-refractivity contribution in [2.75, 3.05) is 6.61 Å². The number of carbonyl (C=O) groups excluding carboxylic acids is 2. The monoisotopic (exact) mass is 478 g/mol. The Bertz CT molecular complexity index is 989. The SMILES string of the molecule is CC[C@H](C(=O)NC1CCCCC1)N(Cc1ccccc1C)C(=O)COc1ccccc1C(C)(C)C. The summed E-state index contributed by atoms with van der Waals surface area (Å²) in [5.74, 6) is 0.475. The van der Waals surface area contributed by atoms with Crippen molar-refractivity contribution in [3.8, 4) is 5.75 Å². The molecular weight excluding hydrogens is 436 g/mol. The van der Waals surface area contributed by atoms with Gasteiger partial charge in [-0.05, 0) is 54.4 Å². The molecule has 2 aromatic rings. The molecule has 5 nitrogen and oxygen atoms in total. The first-order valence-electron chi connectivity index (χ1n) is 13.1. The Morgan fingerprint density at radius 2 is 1.69 bits per heavy atom. The smallest absolute Gasteiger partial charge is 0.261 e. The van der Waals surface area contributed by atoms with E-state index in [0.29, 0.717) is 18.7 Å². The van der Waals surface area contributed by atoms with Gasteiger partial charge in [-0.3, -0.25) is 9.59 Å². The number of hydrogen-bond acceptors (Lipinski definition) is 3. The lowest BCUT2D eigenvalue weighted by Gasteiger charge is -2.33. The molecule has 0 unspecified atom stereocenters. The quantitative estimate of drug-likeness (QED) is 0.486. The molecule has 1 N–H and O–H groups in total. The molecule has 1 aliphatic rings. The minimum Gasteiger partial charge on any atom is -0.483 e. The van der Waals surface area contributed by atoms with E-state index in [0.717, 1.165) is 42.4 Å². The fourth-order valence-electron chi connectivity index (χ4n) is 4.87. The van der Waals surface area contributed by atoms with Crippen LogP contribution in [-0.2, 0) is 21.5 Å². The predicted molar refractivity (Wildman–Crippen MR) is 141 cm³/mol. The third-order valence-electron chi connectivity index (χ3n) is 6.99. The summed E-state index contributed by atoms with van der Waals surface area (Å²) >= 11 is 0. The Hall–Kier alpha value is -2.82. The van der Waals surface area contributed by atoms with Crippen molar-refractivity contribution in [1.82, 2.24) is 10.2 Å². The van der Waals surface area contributed by atoms with Gasteiger partial charge in [0.15, 0.2) is 6.61 Å². The summed E-state index contributed by atoms with van der Waals surface area (Å²) in [5, 5.41) is 3.23. The van der Waals surface area contributed by atoms with Gasteiger partial charge in [-0.2, -0.15) is 0 Å². The number of benzene rings is 2. The predicted octanol–water partition coefficient (Wildman–Crippen LogP) is 5.93. The molecule has 1 aliphatic carbocycles. The number of amides is 2. The summed E-state index contributed by atoms with van der Waals surface area (Å²) in [7, 11) is 0. The first kappa shape index (κ1) is 26.8. The third-order valence-corrected chi connectivity index (χ3v) is 6.99. The van der Waals surface area contributed by atoms with Crippen LogP contribution in [0.1, 0.15) is 82.9 Å². The second-order valence-corrected chi connectivity index (χ2v) is 10.8. The standard InChI is InChI=1S/C30H42N2O3/c1-6-26(29(34)31-24-16-8-7-9-17-24)32(20-23-15-11-10-14-22(23)2)28(33)21-35-27-19-13-12-18-25(27)30(3,4)5/h10-15,18-19,24,26H,6-9,16-17,20-21H2,1-5H3,(H,31,34)/t26-/m1/s1. The highest BCUT2D eigenvalue weighted by Crippen LogP contribution is 2.31. The Morgan fingerprint density at radius 3 is 2.34 bits per heavy atom. The summed E-state index contributed by atoms with van der Waals surface area (Å²) < 4.78 is 6.08. The van der Waals surface area contributed by atoms with Crippen molar-refractivity contribution < 1.29 is 14.3 Å². The number of nitrogens with one attached hydrogen (secondary N) is 1. The van der Waals surface area contributed by atoms with Crippen molar-refractivity contribution in [3.05, 3.63) is 65.2 Å². The zero-order chi connectivity index (χ0) is 25.4. The van der Waals surface area contributed by atoms with Crippen LogP contribution in [0.15, 0.2) is 48.5 Å². The Balaban J connectivity index is 1.81. The molecule has 3 rings (SSSR count). The summed E-state index contributed by atoms with van der Waals surface area (Å²) in [6.07, 6.45) is 6.11. The fraction of sp³-hybridized carbons (Fsp3) is 0.533. The minimum atomic E-state index is -0.537. The van der Waals surface area contributed by atoms with Crippen molar-refractivity contribution >= 4 is 11.8 Å². The van der Waals surface area contributed by atoms with Gasteiger partial charge in [-0.15, -0.1) is 0 Å². The zero-order valence-corrected chi connectivity index (χ0v) is 22.1. The molecule has 1 saturated carbocycles. The van der Waals surface area contributed by atoms with Crippen molar-refractivity contribution in [2.24, 2.45) is 0 Å². The van der Waals surface area contributed by atoms with E-state index < -0.39 is 6.04 Å². The van der Waals surface area contributed by atoms with Gasteiger partial charge in [0.25, 0.3) is 5.91 Å². The van der Waals surface area contributed by atoms with Crippen LogP contribution in [0, 0.1) is 6.92 Å². The molecule has 0 radical (unpaired) electrons. The van der Waals surface area contributed by atoms with Crippen LogP contribution >= 0.6 is 0 Å². The molecule has 0 bridgehead atoms. The second-order valence-electron chi connectivity index (χ2n) is 10.8. The molecular formula is C30H42N2O3. The van der Waals surface area contributed by atoms with Gasteiger partial charge in [0.2, 0.25) is 5.91 Å². The van der Waals surface area contributed by atoms with Gasteiger partial charge in [-0.25, -0.2) is 0 Å². The summed E-state index contributed by atoms with van der Waals surface area (Å²) in [6.45, 7) is 10.7. The molecule has 1 fully saturated rings. The number of para-hydroxylation sites is 1. The Morgan fingerprint density at radius 1 is 1.03 bits per heavy atom. The Labute approximate surface area is 211 Å². The molecule has 0 heterocycles. The number of aryl methyl sites for hydroxylation is 1. The van der Waals surface area contributed by atoms with E-state index in [4.69, 9.17) is 4.74 Å². The lowest BCUT2D eigenvalue weighted by Crippen LogP contribution is -2.52. The molecule has 190 valence electrons. The van der Waals surface area contributed by atoms with E-state index in [2.05, 4.69) is 26.1 Å². The van der Waals surface area contributed by atoms with Crippen LogP contribution < -0.4 is 10.1 Å². The van der Waals surface area contributed by atoms with Crippen LogP contribution in [0.4, 0.5) is 0 Å². The van der Waals surface area contributed by atoms with E-state index >= 15 is 0 Å². The van der Waals surface area contributed by atoms with Crippen molar-refractivity contribution in [2.45, 2.75) is 97.2 Å². The first-order valence-corrected chi connectivity index (χ1v) is 13.1. The van der Waals surface area contributed by atoms with Gasteiger partial charge in [0, 0.05) is 12.6 Å². The van der Waals surface area contributed by atoms with E-state index in [9.17, 15) is 9.59 Å². The van der Waals surface area contributed by atoms with Gasteiger partial charge in [0.05, 0.1) is 0 Å². The van der Waals surface area contributed by atoms with E-state index in [-0.39, 0.29) is 29.9 Å². The van der Waals surface area contributed by atoms with Gasteiger partial charge >= 0.3 is 0 Å². The number of rotatable bonds is 9. The van der Waals surface area contributed by atoms with E-state index in [1.807, 2.05) is 62.4 Å². The molecule has 35 heavy (non-hydrogen) atoms. The average molecular weight is 479 g/mol. The molecule has 5 heteroatoms. The van der Waals surface area contributed by atoms with Crippen LogP contribution in [0.2, 0.25) is 0 Å². The lowest BCUT2D eigenvalue weighted by atomic mass is 9.86. The number of hydrogen-bond donors (Lipinski definition) is 1. The first-order chi connectivity index (χ1) is 16.7. The molecule has 0 spiro atoms. The van der Waals surface area contributed by atoms with Crippen LogP contribution in [0.3, 0.4) is 0 Å². The topological polar surface area (TPSA) is 58.6 Å². The average Bonchev–Trinajstić information content (AvgIpc) is 2.84.